The molecule has 106 valence electrons. The number of unbranched alkanes of at least 4 members (excludes halogenated alkanes) is 1. The SMILES string of the molecule is CCC/C=C/C=C/C=C/C=C/C(=O)ONCC(C)C. The van der Waals surface area contributed by atoms with Crippen LogP contribution in [0.1, 0.15) is 33.6 Å². The highest BCUT2D eigenvalue weighted by Gasteiger charge is 1.96. The Labute approximate surface area is 116 Å². The summed E-state index contributed by atoms with van der Waals surface area (Å²) in [6.45, 7) is 6.89. The lowest BCUT2D eigenvalue weighted by Crippen LogP contribution is -2.22. The molecule has 0 rings (SSSR count). The van der Waals surface area contributed by atoms with Gasteiger partial charge in [-0.25, -0.2) is 4.79 Å². The van der Waals surface area contributed by atoms with Gasteiger partial charge in [-0.15, -0.1) is 0 Å². The van der Waals surface area contributed by atoms with Crippen molar-refractivity contribution in [3.05, 3.63) is 48.6 Å². The second-order valence-corrected chi connectivity index (χ2v) is 4.51. The van der Waals surface area contributed by atoms with Gasteiger partial charge in [0.15, 0.2) is 0 Å². The normalized spacial score (nSPS) is 12.6. The van der Waals surface area contributed by atoms with Gasteiger partial charge in [-0.2, -0.15) is 5.48 Å². The van der Waals surface area contributed by atoms with E-state index in [-0.39, 0.29) is 0 Å². The van der Waals surface area contributed by atoms with E-state index in [1.165, 1.54) is 6.08 Å². The van der Waals surface area contributed by atoms with Crippen LogP contribution in [0.2, 0.25) is 0 Å². The van der Waals surface area contributed by atoms with Gasteiger partial charge in [0.05, 0.1) is 0 Å². The minimum Gasteiger partial charge on any atom is -0.367 e. The van der Waals surface area contributed by atoms with Gasteiger partial charge in [0, 0.05) is 12.6 Å². The maximum absolute atomic E-state index is 11.2. The Morgan fingerprint density at radius 3 is 2.37 bits per heavy atom. The summed E-state index contributed by atoms with van der Waals surface area (Å²) in [7, 11) is 0. The van der Waals surface area contributed by atoms with Crippen molar-refractivity contribution in [2.24, 2.45) is 5.92 Å². The molecule has 0 saturated carbocycles. The van der Waals surface area contributed by atoms with Gasteiger partial charge >= 0.3 is 5.97 Å². The molecule has 0 heterocycles. The fraction of sp³-hybridized carbons (Fsp3) is 0.438. The molecule has 19 heavy (non-hydrogen) atoms. The zero-order chi connectivity index (χ0) is 14.3. The molecule has 0 aromatic heterocycles. The molecule has 0 fully saturated rings. The summed E-state index contributed by atoms with van der Waals surface area (Å²) >= 11 is 0. The van der Waals surface area contributed by atoms with Crippen LogP contribution in [0, 0.1) is 5.92 Å². The maximum Gasteiger partial charge on any atom is 0.349 e. The number of hydrogen-bond donors (Lipinski definition) is 1. The molecule has 0 aliphatic rings. The Morgan fingerprint density at radius 1 is 1.11 bits per heavy atom. The second-order valence-electron chi connectivity index (χ2n) is 4.51. The number of hydrogen-bond acceptors (Lipinski definition) is 3. The molecule has 0 saturated heterocycles. The molecule has 0 aliphatic carbocycles. The predicted molar refractivity (Wildman–Crippen MR) is 80.4 cm³/mol. The highest BCUT2D eigenvalue weighted by Crippen LogP contribution is 1.90. The van der Waals surface area contributed by atoms with E-state index in [4.69, 9.17) is 4.84 Å². The number of rotatable bonds is 9. The highest BCUT2D eigenvalue weighted by atomic mass is 16.7. The van der Waals surface area contributed by atoms with Gasteiger partial charge in [0.25, 0.3) is 0 Å². The number of carbonyl (C=O) groups excluding carboxylic acids is 1. The van der Waals surface area contributed by atoms with Crippen LogP contribution in [-0.4, -0.2) is 12.5 Å². The summed E-state index contributed by atoms with van der Waals surface area (Å²) in [5.41, 5.74) is 2.62. The fourth-order valence-corrected chi connectivity index (χ4v) is 1.05. The van der Waals surface area contributed by atoms with Crippen molar-refractivity contribution >= 4 is 5.97 Å². The third-order valence-corrected chi connectivity index (χ3v) is 2.04. The van der Waals surface area contributed by atoms with Crippen molar-refractivity contribution in [1.29, 1.82) is 0 Å². The summed E-state index contributed by atoms with van der Waals surface area (Å²) in [4.78, 5) is 16.0. The van der Waals surface area contributed by atoms with Crippen molar-refractivity contribution in [2.75, 3.05) is 6.54 Å². The van der Waals surface area contributed by atoms with Crippen LogP contribution in [-0.2, 0) is 9.63 Å². The molecule has 0 aliphatic heterocycles. The summed E-state index contributed by atoms with van der Waals surface area (Å²) in [6, 6.07) is 0. The van der Waals surface area contributed by atoms with E-state index >= 15 is 0 Å². The van der Waals surface area contributed by atoms with Gasteiger partial charge in [0.1, 0.15) is 0 Å². The van der Waals surface area contributed by atoms with E-state index in [0.717, 1.165) is 12.8 Å². The van der Waals surface area contributed by atoms with E-state index in [1.54, 1.807) is 12.2 Å². The Hall–Kier alpha value is -1.61. The first-order chi connectivity index (χ1) is 9.16. The topological polar surface area (TPSA) is 38.3 Å². The van der Waals surface area contributed by atoms with Gasteiger partial charge in [-0.1, -0.05) is 69.7 Å². The zero-order valence-electron chi connectivity index (χ0n) is 12.1. The lowest BCUT2D eigenvalue weighted by molar-refractivity contribution is -0.145. The molecule has 0 aromatic rings. The third kappa shape index (κ3) is 14.3. The molecule has 0 radical (unpaired) electrons. The first kappa shape index (κ1) is 17.4. The van der Waals surface area contributed by atoms with E-state index in [0.29, 0.717) is 12.5 Å². The standard InChI is InChI=1S/C16H25NO2/c1-4-5-6-7-8-9-10-11-12-13-16(18)19-17-14-15(2)3/h6-13,15,17H,4-5,14H2,1-3H3/b7-6+,9-8+,11-10+,13-12+. The zero-order valence-corrected chi connectivity index (χ0v) is 12.1. The molecule has 0 aromatic carbocycles. The highest BCUT2D eigenvalue weighted by molar-refractivity contribution is 5.81. The number of nitrogens with one attached hydrogen (secondary N) is 1. The van der Waals surface area contributed by atoms with Crippen molar-refractivity contribution in [3.8, 4) is 0 Å². The Kier molecular flexibility index (Phi) is 11.7. The largest absolute Gasteiger partial charge is 0.367 e. The summed E-state index contributed by atoms with van der Waals surface area (Å²) < 4.78 is 0. The molecule has 3 heteroatoms. The smallest absolute Gasteiger partial charge is 0.349 e. The van der Waals surface area contributed by atoms with Crippen molar-refractivity contribution in [1.82, 2.24) is 5.48 Å². The van der Waals surface area contributed by atoms with Crippen LogP contribution < -0.4 is 5.48 Å². The summed E-state index contributed by atoms with van der Waals surface area (Å²) in [5, 5.41) is 0. The van der Waals surface area contributed by atoms with Gasteiger partial charge in [-0.3, -0.25) is 0 Å². The molecule has 3 nitrogen and oxygen atoms in total. The molecule has 0 spiro atoms. The lowest BCUT2D eigenvalue weighted by atomic mass is 10.2. The number of allylic oxidation sites excluding steroid dienone is 7. The first-order valence-corrected chi connectivity index (χ1v) is 6.77. The van der Waals surface area contributed by atoms with Crippen LogP contribution in [0.3, 0.4) is 0 Å². The third-order valence-electron chi connectivity index (χ3n) is 2.04. The Balaban J connectivity index is 3.73. The Morgan fingerprint density at radius 2 is 1.74 bits per heavy atom. The maximum atomic E-state index is 11.2. The van der Waals surface area contributed by atoms with E-state index in [9.17, 15) is 4.79 Å². The van der Waals surface area contributed by atoms with Crippen molar-refractivity contribution < 1.29 is 9.63 Å². The van der Waals surface area contributed by atoms with Gasteiger partial charge < -0.3 is 4.84 Å². The van der Waals surface area contributed by atoms with Crippen LogP contribution in [0.4, 0.5) is 0 Å². The van der Waals surface area contributed by atoms with Crippen molar-refractivity contribution in [2.45, 2.75) is 33.6 Å². The lowest BCUT2D eigenvalue weighted by Gasteiger charge is -2.05. The summed E-state index contributed by atoms with van der Waals surface area (Å²) in [6.07, 6.45) is 17.0. The second kappa shape index (κ2) is 12.8. The number of carbonyl (C=O) groups is 1. The molecular formula is C16H25NO2. The summed E-state index contributed by atoms with van der Waals surface area (Å²) in [5.74, 6) is 0.0553. The minimum absolute atomic E-state index is 0.392. The molecule has 0 amide bonds. The quantitative estimate of drug-likeness (QED) is 0.391. The van der Waals surface area contributed by atoms with Crippen molar-refractivity contribution in [3.63, 3.8) is 0 Å². The Bertz CT molecular complexity index is 339. The monoisotopic (exact) mass is 263 g/mol. The van der Waals surface area contributed by atoms with Crippen LogP contribution in [0.25, 0.3) is 0 Å². The minimum atomic E-state index is -0.392. The fourth-order valence-electron chi connectivity index (χ4n) is 1.05. The first-order valence-electron chi connectivity index (χ1n) is 6.77. The number of hydroxylamine groups is 1. The van der Waals surface area contributed by atoms with Crippen LogP contribution in [0.15, 0.2) is 48.6 Å². The molecule has 0 unspecified atom stereocenters. The van der Waals surface area contributed by atoms with Gasteiger partial charge in [-0.05, 0) is 12.3 Å². The van der Waals surface area contributed by atoms with Crippen LogP contribution >= 0.6 is 0 Å². The molecular weight excluding hydrogens is 238 g/mol. The van der Waals surface area contributed by atoms with Crippen LogP contribution in [0.5, 0.6) is 0 Å². The molecule has 0 bridgehead atoms. The predicted octanol–water partition coefficient (Wildman–Crippen LogP) is 3.72. The molecule has 0 atom stereocenters. The van der Waals surface area contributed by atoms with Gasteiger partial charge in [0.2, 0.25) is 0 Å². The van der Waals surface area contributed by atoms with E-state index in [1.807, 2.05) is 38.2 Å². The average molecular weight is 263 g/mol. The average Bonchev–Trinajstić information content (AvgIpc) is 2.36. The molecule has 1 N–H and O–H groups in total. The van der Waals surface area contributed by atoms with E-state index < -0.39 is 5.97 Å². The van der Waals surface area contributed by atoms with E-state index in [2.05, 4.69) is 18.5 Å².